The van der Waals surface area contributed by atoms with Crippen molar-refractivity contribution in [2.75, 3.05) is 6.54 Å². The SMILES string of the molecule is C=C(C)C(CC(C)(C)C)NCCC. The molecule has 0 aromatic rings. The van der Waals surface area contributed by atoms with Crippen molar-refractivity contribution >= 4 is 0 Å². The third kappa shape index (κ3) is 6.83. The summed E-state index contributed by atoms with van der Waals surface area (Å²) in [5.41, 5.74) is 1.63. The van der Waals surface area contributed by atoms with Crippen molar-refractivity contribution < 1.29 is 0 Å². The zero-order valence-electron chi connectivity index (χ0n) is 9.91. The molecule has 0 saturated carbocycles. The summed E-state index contributed by atoms with van der Waals surface area (Å²) in [6, 6.07) is 0.486. The van der Waals surface area contributed by atoms with Crippen molar-refractivity contribution in [3.63, 3.8) is 0 Å². The average Bonchev–Trinajstić information content (AvgIpc) is 1.95. The van der Waals surface area contributed by atoms with Gasteiger partial charge < -0.3 is 5.32 Å². The molecule has 0 radical (unpaired) electrons. The van der Waals surface area contributed by atoms with Crippen LogP contribution in [0.15, 0.2) is 12.2 Å². The molecule has 1 unspecified atom stereocenters. The fraction of sp³-hybridized carbons (Fsp3) is 0.833. The molecule has 0 rings (SSSR count). The second-order valence-corrected chi connectivity index (χ2v) is 5.12. The van der Waals surface area contributed by atoms with E-state index in [2.05, 4.69) is 46.5 Å². The van der Waals surface area contributed by atoms with E-state index >= 15 is 0 Å². The Kier molecular flexibility index (Phi) is 5.31. The Labute approximate surface area is 83.6 Å². The molecule has 0 aliphatic heterocycles. The first-order chi connectivity index (χ1) is 5.87. The maximum Gasteiger partial charge on any atom is 0.0279 e. The lowest BCUT2D eigenvalue weighted by Gasteiger charge is -2.27. The van der Waals surface area contributed by atoms with Crippen LogP contribution >= 0.6 is 0 Å². The molecule has 1 atom stereocenters. The van der Waals surface area contributed by atoms with E-state index in [0.29, 0.717) is 11.5 Å². The van der Waals surface area contributed by atoms with E-state index in [-0.39, 0.29) is 0 Å². The van der Waals surface area contributed by atoms with Crippen LogP contribution in [0.25, 0.3) is 0 Å². The van der Waals surface area contributed by atoms with E-state index in [1.54, 1.807) is 0 Å². The summed E-state index contributed by atoms with van der Waals surface area (Å²) in [4.78, 5) is 0. The van der Waals surface area contributed by atoms with Crippen molar-refractivity contribution in [3.05, 3.63) is 12.2 Å². The molecule has 0 saturated heterocycles. The van der Waals surface area contributed by atoms with E-state index in [1.165, 1.54) is 18.4 Å². The maximum absolute atomic E-state index is 4.03. The molecule has 0 fully saturated rings. The second-order valence-electron chi connectivity index (χ2n) is 5.12. The normalized spacial score (nSPS) is 14.2. The molecule has 0 heterocycles. The first-order valence-corrected chi connectivity index (χ1v) is 5.25. The maximum atomic E-state index is 4.03. The minimum absolute atomic E-state index is 0.379. The minimum atomic E-state index is 0.379. The van der Waals surface area contributed by atoms with Gasteiger partial charge in [-0.15, -0.1) is 0 Å². The highest BCUT2D eigenvalue weighted by molar-refractivity contribution is 5.02. The van der Waals surface area contributed by atoms with E-state index in [4.69, 9.17) is 0 Å². The zero-order chi connectivity index (χ0) is 10.5. The number of rotatable bonds is 5. The fourth-order valence-electron chi connectivity index (χ4n) is 1.35. The summed E-state index contributed by atoms with van der Waals surface area (Å²) in [5, 5.41) is 3.53. The fourth-order valence-corrected chi connectivity index (χ4v) is 1.35. The topological polar surface area (TPSA) is 12.0 Å². The molecule has 0 aromatic heterocycles. The van der Waals surface area contributed by atoms with Crippen LogP contribution in [0.1, 0.15) is 47.5 Å². The van der Waals surface area contributed by atoms with Gasteiger partial charge in [-0.1, -0.05) is 39.8 Å². The summed E-state index contributed by atoms with van der Waals surface area (Å²) in [6.07, 6.45) is 2.36. The first-order valence-electron chi connectivity index (χ1n) is 5.25. The van der Waals surface area contributed by atoms with Gasteiger partial charge in [-0.05, 0) is 31.7 Å². The molecule has 0 spiro atoms. The largest absolute Gasteiger partial charge is 0.310 e. The third-order valence-corrected chi connectivity index (χ3v) is 2.05. The first kappa shape index (κ1) is 12.7. The molecular weight excluding hydrogens is 158 g/mol. The van der Waals surface area contributed by atoms with E-state index in [0.717, 1.165) is 6.54 Å². The minimum Gasteiger partial charge on any atom is -0.310 e. The lowest BCUT2D eigenvalue weighted by Crippen LogP contribution is -2.34. The molecule has 1 heteroatoms. The molecule has 78 valence electrons. The van der Waals surface area contributed by atoms with Crippen LogP contribution in [-0.2, 0) is 0 Å². The Bertz CT molecular complexity index is 153. The van der Waals surface area contributed by atoms with Crippen molar-refractivity contribution in [2.45, 2.75) is 53.5 Å². The van der Waals surface area contributed by atoms with E-state index in [1.807, 2.05) is 0 Å². The smallest absolute Gasteiger partial charge is 0.0279 e. The lowest BCUT2D eigenvalue weighted by atomic mass is 9.86. The summed E-state index contributed by atoms with van der Waals surface area (Å²) in [7, 11) is 0. The molecule has 0 bridgehead atoms. The van der Waals surface area contributed by atoms with Gasteiger partial charge in [0, 0.05) is 6.04 Å². The van der Waals surface area contributed by atoms with Gasteiger partial charge >= 0.3 is 0 Å². The summed E-state index contributed by atoms with van der Waals surface area (Å²) in [6.45, 7) is 16.2. The molecule has 1 nitrogen and oxygen atoms in total. The van der Waals surface area contributed by atoms with Crippen LogP contribution in [0.2, 0.25) is 0 Å². The quantitative estimate of drug-likeness (QED) is 0.644. The van der Waals surface area contributed by atoms with Gasteiger partial charge in [-0.2, -0.15) is 0 Å². The van der Waals surface area contributed by atoms with Gasteiger partial charge in [0.05, 0.1) is 0 Å². The van der Waals surface area contributed by atoms with Crippen molar-refractivity contribution in [3.8, 4) is 0 Å². The Morgan fingerprint density at radius 1 is 1.38 bits per heavy atom. The van der Waals surface area contributed by atoms with Crippen LogP contribution in [0, 0.1) is 5.41 Å². The van der Waals surface area contributed by atoms with E-state index < -0.39 is 0 Å². The van der Waals surface area contributed by atoms with E-state index in [9.17, 15) is 0 Å². The predicted octanol–water partition coefficient (Wildman–Crippen LogP) is 3.37. The summed E-state index contributed by atoms with van der Waals surface area (Å²) in [5.74, 6) is 0. The molecule has 0 aromatic carbocycles. The Balaban J connectivity index is 4.03. The van der Waals surface area contributed by atoms with Crippen LogP contribution < -0.4 is 5.32 Å². The highest BCUT2D eigenvalue weighted by atomic mass is 14.9. The summed E-state index contributed by atoms with van der Waals surface area (Å²) < 4.78 is 0. The predicted molar refractivity (Wildman–Crippen MR) is 61.0 cm³/mol. The number of hydrogen-bond donors (Lipinski definition) is 1. The molecule has 0 aliphatic carbocycles. The van der Waals surface area contributed by atoms with Crippen molar-refractivity contribution in [1.82, 2.24) is 5.32 Å². The highest BCUT2D eigenvalue weighted by Gasteiger charge is 2.18. The lowest BCUT2D eigenvalue weighted by molar-refractivity contribution is 0.328. The monoisotopic (exact) mass is 183 g/mol. The third-order valence-electron chi connectivity index (χ3n) is 2.05. The molecule has 0 aliphatic rings. The molecule has 13 heavy (non-hydrogen) atoms. The van der Waals surface area contributed by atoms with Crippen LogP contribution in [0.5, 0.6) is 0 Å². The average molecular weight is 183 g/mol. The Morgan fingerprint density at radius 2 is 1.92 bits per heavy atom. The van der Waals surface area contributed by atoms with Gasteiger partial charge in [-0.25, -0.2) is 0 Å². The van der Waals surface area contributed by atoms with Crippen molar-refractivity contribution in [2.24, 2.45) is 5.41 Å². The zero-order valence-corrected chi connectivity index (χ0v) is 9.91. The molecular formula is C12H25N. The van der Waals surface area contributed by atoms with Gasteiger partial charge in [-0.3, -0.25) is 0 Å². The molecule has 0 amide bonds. The van der Waals surface area contributed by atoms with Gasteiger partial charge in [0.1, 0.15) is 0 Å². The van der Waals surface area contributed by atoms with Gasteiger partial charge in [0.25, 0.3) is 0 Å². The second kappa shape index (κ2) is 5.43. The summed E-state index contributed by atoms with van der Waals surface area (Å²) >= 11 is 0. The van der Waals surface area contributed by atoms with Crippen LogP contribution in [0.4, 0.5) is 0 Å². The number of nitrogens with one attached hydrogen (secondary N) is 1. The van der Waals surface area contributed by atoms with Crippen molar-refractivity contribution in [1.29, 1.82) is 0 Å². The standard InChI is InChI=1S/C12H25N/c1-7-8-13-11(10(2)3)9-12(4,5)6/h11,13H,2,7-9H2,1,3-6H3. The van der Waals surface area contributed by atoms with Crippen LogP contribution in [0.3, 0.4) is 0 Å². The highest BCUT2D eigenvalue weighted by Crippen LogP contribution is 2.23. The Morgan fingerprint density at radius 3 is 2.23 bits per heavy atom. The number of hydrogen-bond acceptors (Lipinski definition) is 1. The van der Waals surface area contributed by atoms with Crippen LogP contribution in [-0.4, -0.2) is 12.6 Å². The van der Waals surface area contributed by atoms with Gasteiger partial charge in [0.2, 0.25) is 0 Å². The Hall–Kier alpha value is -0.300. The van der Waals surface area contributed by atoms with Gasteiger partial charge in [0.15, 0.2) is 0 Å². The molecule has 1 N–H and O–H groups in total.